The summed E-state index contributed by atoms with van der Waals surface area (Å²) in [6, 6.07) is 0.447. The van der Waals surface area contributed by atoms with Crippen LogP contribution in [-0.4, -0.2) is 18.0 Å². The monoisotopic (exact) mass is 187 g/mol. The minimum absolute atomic E-state index is 0.447. The molecule has 0 saturated heterocycles. The fraction of sp³-hybridized carbons (Fsp3) is 0.385. The van der Waals surface area contributed by atoms with Crippen LogP contribution < -0.4 is 0 Å². The molecule has 0 aromatic rings. The molecule has 0 aromatic heterocycles. The van der Waals surface area contributed by atoms with Crippen LogP contribution in [0, 0.1) is 5.92 Å². The number of nitrogens with zero attached hydrogens (tertiary/aromatic N) is 1. The van der Waals surface area contributed by atoms with E-state index in [1.807, 2.05) is 0 Å². The van der Waals surface area contributed by atoms with Gasteiger partial charge in [-0.25, -0.2) is 0 Å². The number of allylic oxidation sites excluding steroid dienone is 4. The molecule has 14 heavy (non-hydrogen) atoms. The average molecular weight is 187 g/mol. The SMILES string of the molecule is CC(C)C1=CC2C(=CC=CN2C)C=C1. The lowest BCUT2D eigenvalue weighted by Crippen LogP contribution is -2.30. The number of hydrogen-bond acceptors (Lipinski definition) is 1. The Labute approximate surface area is 86.1 Å². The second-order valence-electron chi connectivity index (χ2n) is 4.27. The summed E-state index contributed by atoms with van der Waals surface area (Å²) in [5, 5.41) is 0. The summed E-state index contributed by atoms with van der Waals surface area (Å²) in [7, 11) is 2.13. The summed E-state index contributed by atoms with van der Waals surface area (Å²) in [4.78, 5) is 2.25. The summed E-state index contributed by atoms with van der Waals surface area (Å²) in [6.07, 6.45) is 13.3. The van der Waals surface area contributed by atoms with Crippen LogP contribution in [-0.2, 0) is 0 Å². The topological polar surface area (TPSA) is 3.24 Å². The van der Waals surface area contributed by atoms with E-state index in [2.05, 4.69) is 62.4 Å². The molecule has 74 valence electrons. The second kappa shape index (κ2) is 3.49. The summed E-state index contributed by atoms with van der Waals surface area (Å²) in [6.45, 7) is 4.48. The third-order valence-electron chi connectivity index (χ3n) is 2.88. The van der Waals surface area contributed by atoms with Gasteiger partial charge >= 0.3 is 0 Å². The van der Waals surface area contributed by atoms with Gasteiger partial charge in [-0.3, -0.25) is 0 Å². The summed E-state index contributed by atoms with van der Waals surface area (Å²) < 4.78 is 0. The molecule has 0 amide bonds. The van der Waals surface area contributed by atoms with Gasteiger partial charge in [0, 0.05) is 7.05 Å². The van der Waals surface area contributed by atoms with Gasteiger partial charge in [0.15, 0.2) is 0 Å². The van der Waals surface area contributed by atoms with E-state index < -0.39 is 0 Å². The van der Waals surface area contributed by atoms with Gasteiger partial charge in [0.25, 0.3) is 0 Å². The van der Waals surface area contributed by atoms with Gasteiger partial charge in [0.05, 0.1) is 6.04 Å². The van der Waals surface area contributed by atoms with Crippen molar-refractivity contribution < 1.29 is 0 Å². The van der Waals surface area contributed by atoms with E-state index in [1.165, 1.54) is 11.1 Å². The number of likely N-dealkylation sites (N-methyl/N-ethyl adjacent to an activating group) is 1. The zero-order chi connectivity index (χ0) is 10.1. The maximum Gasteiger partial charge on any atom is 0.0723 e. The highest BCUT2D eigenvalue weighted by Crippen LogP contribution is 2.26. The molecule has 1 aliphatic heterocycles. The van der Waals surface area contributed by atoms with Crippen molar-refractivity contribution in [1.82, 2.24) is 4.90 Å². The molecule has 1 heterocycles. The highest BCUT2D eigenvalue weighted by molar-refractivity contribution is 5.45. The Morgan fingerprint density at radius 2 is 2.07 bits per heavy atom. The van der Waals surface area contributed by atoms with E-state index >= 15 is 0 Å². The first-order valence-electron chi connectivity index (χ1n) is 5.18. The molecule has 1 atom stereocenters. The van der Waals surface area contributed by atoms with Gasteiger partial charge in [-0.15, -0.1) is 0 Å². The van der Waals surface area contributed by atoms with E-state index in [0.717, 1.165) is 0 Å². The van der Waals surface area contributed by atoms with Crippen LogP contribution in [0.3, 0.4) is 0 Å². The van der Waals surface area contributed by atoms with Gasteiger partial charge in [-0.1, -0.05) is 38.2 Å². The van der Waals surface area contributed by atoms with Crippen LogP contribution in [0.2, 0.25) is 0 Å². The van der Waals surface area contributed by atoms with Crippen LogP contribution in [0.15, 0.2) is 47.7 Å². The van der Waals surface area contributed by atoms with Gasteiger partial charge in [-0.05, 0) is 29.3 Å². The third kappa shape index (κ3) is 1.54. The van der Waals surface area contributed by atoms with E-state index in [4.69, 9.17) is 0 Å². The van der Waals surface area contributed by atoms with Crippen molar-refractivity contribution >= 4 is 0 Å². The van der Waals surface area contributed by atoms with Crippen molar-refractivity contribution in [3.05, 3.63) is 47.7 Å². The number of rotatable bonds is 1. The zero-order valence-corrected chi connectivity index (χ0v) is 9.07. The largest absolute Gasteiger partial charge is 0.370 e. The van der Waals surface area contributed by atoms with Crippen LogP contribution in [0.4, 0.5) is 0 Å². The molecule has 1 aliphatic carbocycles. The van der Waals surface area contributed by atoms with Crippen molar-refractivity contribution in [2.24, 2.45) is 5.92 Å². The molecule has 0 radical (unpaired) electrons. The standard InChI is InChI=1S/C13H17N/c1-10(2)12-7-6-11-5-4-8-14(3)13(11)9-12/h4-10,13H,1-3H3. The van der Waals surface area contributed by atoms with Gasteiger partial charge in [-0.2, -0.15) is 0 Å². The molecule has 0 saturated carbocycles. The Balaban J connectivity index is 2.30. The first kappa shape index (κ1) is 9.32. The maximum atomic E-state index is 2.36. The van der Waals surface area contributed by atoms with Gasteiger partial charge in [0.1, 0.15) is 0 Å². The lowest BCUT2D eigenvalue weighted by molar-refractivity contribution is 0.418. The Morgan fingerprint density at radius 3 is 2.79 bits per heavy atom. The molecule has 0 bridgehead atoms. The molecular weight excluding hydrogens is 170 g/mol. The molecule has 2 aliphatic rings. The van der Waals surface area contributed by atoms with Crippen LogP contribution in [0.5, 0.6) is 0 Å². The molecule has 1 heteroatoms. The van der Waals surface area contributed by atoms with Crippen LogP contribution >= 0.6 is 0 Å². The maximum absolute atomic E-state index is 2.36. The molecule has 2 rings (SSSR count). The fourth-order valence-corrected chi connectivity index (χ4v) is 1.90. The minimum atomic E-state index is 0.447. The second-order valence-corrected chi connectivity index (χ2v) is 4.27. The summed E-state index contributed by atoms with van der Waals surface area (Å²) in [5.74, 6) is 0.618. The van der Waals surface area contributed by atoms with Crippen molar-refractivity contribution in [2.75, 3.05) is 7.05 Å². The first-order chi connectivity index (χ1) is 6.68. The van der Waals surface area contributed by atoms with Crippen molar-refractivity contribution in [1.29, 1.82) is 0 Å². The van der Waals surface area contributed by atoms with E-state index in [-0.39, 0.29) is 0 Å². The van der Waals surface area contributed by atoms with Crippen molar-refractivity contribution in [2.45, 2.75) is 19.9 Å². The van der Waals surface area contributed by atoms with E-state index in [0.29, 0.717) is 12.0 Å². The summed E-state index contributed by atoms with van der Waals surface area (Å²) in [5.41, 5.74) is 2.83. The first-order valence-corrected chi connectivity index (χ1v) is 5.18. The van der Waals surface area contributed by atoms with Crippen LogP contribution in [0.25, 0.3) is 0 Å². The Hall–Kier alpha value is -1.24. The molecular formula is C13H17N. The number of fused-ring (bicyclic) bond motifs is 1. The molecule has 0 spiro atoms. The molecule has 0 fully saturated rings. The minimum Gasteiger partial charge on any atom is -0.370 e. The number of hydrogen-bond donors (Lipinski definition) is 0. The third-order valence-corrected chi connectivity index (χ3v) is 2.88. The van der Waals surface area contributed by atoms with Crippen molar-refractivity contribution in [3.8, 4) is 0 Å². The fourth-order valence-electron chi connectivity index (χ4n) is 1.90. The molecule has 0 aromatic carbocycles. The predicted molar refractivity (Wildman–Crippen MR) is 60.8 cm³/mol. The quantitative estimate of drug-likeness (QED) is 0.610. The molecule has 1 unspecified atom stereocenters. The van der Waals surface area contributed by atoms with Gasteiger partial charge < -0.3 is 4.90 Å². The van der Waals surface area contributed by atoms with E-state index in [9.17, 15) is 0 Å². The smallest absolute Gasteiger partial charge is 0.0723 e. The highest BCUT2D eigenvalue weighted by Gasteiger charge is 2.19. The normalized spacial score (nSPS) is 24.9. The van der Waals surface area contributed by atoms with Crippen molar-refractivity contribution in [3.63, 3.8) is 0 Å². The molecule has 1 nitrogen and oxygen atoms in total. The Morgan fingerprint density at radius 1 is 1.29 bits per heavy atom. The molecule has 0 N–H and O–H groups in total. The predicted octanol–water partition coefficient (Wildman–Crippen LogP) is 2.89. The average Bonchev–Trinajstić information content (AvgIpc) is 2.18. The zero-order valence-electron chi connectivity index (χ0n) is 9.07. The Kier molecular flexibility index (Phi) is 2.32. The highest BCUT2D eigenvalue weighted by atomic mass is 15.1. The lowest BCUT2D eigenvalue weighted by atomic mass is 9.90. The van der Waals surface area contributed by atoms with Gasteiger partial charge in [0.2, 0.25) is 0 Å². The van der Waals surface area contributed by atoms with Crippen LogP contribution in [0.1, 0.15) is 13.8 Å². The Bertz CT molecular complexity index is 342. The summed E-state index contributed by atoms with van der Waals surface area (Å²) >= 11 is 0. The lowest BCUT2D eigenvalue weighted by Gasteiger charge is -2.31. The van der Waals surface area contributed by atoms with E-state index in [1.54, 1.807) is 0 Å².